The summed E-state index contributed by atoms with van der Waals surface area (Å²) in [5.74, 6) is 0.116. The van der Waals surface area contributed by atoms with Gasteiger partial charge in [0.05, 0.1) is 31.4 Å². The van der Waals surface area contributed by atoms with Crippen molar-refractivity contribution < 1.29 is 19.7 Å². The SMILES string of the molecule is CCC(CO)(CO)NC(=O)c1ccc(OC)cc1N. The monoisotopic (exact) mass is 268 g/mol. The van der Waals surface area contributed by atoms with Crippen molar-refractivity contribution in [1.29, 1.82) is 0 Å². The molecule has 0 atom stereocenters. The molecule has 5 N–H and O–H groups in total. The number of nitrogens with two attached hydrogens (primary N) is 1. The van der Waals surface area contributed by atoms with Crippen LogP contribution in [0.15, 0.2) is 18.2 Å². The number of nitrogens with one attached hydrogen (secondary N) is 1. The molecule has 0 heterocycles. The van der Waals surface area contributed by atoms with Gasteiger partial charge in [-0.2, -0.15) is 0 Å². The number of amides is 1. The maximum Gasteiger partial charge on any atom is 0.253 e. The van der Waals surface area contributed by atoms with Gasteiger partial charge in [-0.05, 0) is 18.6 Å². The van der Waals surface area contributed by atoms with E-state index in [1.165, 1.54) is 7.11 Å². The molecule has 6 heteroatoms. The van der Waals surface area contributed by atoms with E-state index in [1.54, 1.807) is 25.1 Å². The maximum atomic E-state index is 12.1. The number of rotatable bonds is 6. The van der Waals surface area contributed by atoms with Gasteiger partial charge in [0.15, 0.2) is 0 Å². The third-order valence-corrected chi connectivity index (χ3v) is 3.16. The van der Waals surface area contributed by atoms with Crippen LogP contribution in [-0.4, -0.2) is 42.0 Å². The molecule has 1 aromatic rings. The summed E-state index contributed by atoms with van der Waals surface area (Å²) >= 11 is 0. The summed E-state index contributed by atoms with van der Waals surface area (Å²) in [5.41, 5.74) is 5.29. The zero-order valence-corrected chi connectivity index (χ0v) is 11.1. The van der Waals surface area contributed by atoms with Crippen LogP contribution >= 0.6 is 0 Å². The van der Waals surface area contributed by atoms with Gasteiger partial charge in [-0.1, -0.05) is 6.92 Å². The first-order valence-corrected chi connectivity index (χ1v) is 5.99. The average molecular weight is 268 g/mol. The van der Waals surface area contributed by atoms with Gasteiger partial charge in [0.1, 0.15) is 5.75 Å². The Bertz CT molecular complexity index is 436. The highest BCUT2D eigenvalue weighted by atomic mass is 16.5. The summed E-state index contributed by atoms with van der Waals surface area (Å²) in [5, 5.41) is 21.2. The summed E-state index contributed by atoms with van der Waals surface area (Å²) in [4.78, 5) is 12.1. The summed E-state index contributed by atoms with van der Waals surface area (Å²) < 4.78 is 5.00. The fraction of sp³-hybridized carbons (Fsp3) is 0.462. The van der Waals surface area contributed by atoms with Gasteiger partial charge in [-0.15, -0.1) is 0 Å². The van der Waals surface area contributed by atoms with E-state index in [-0.39, 0.29) is 24.5 Å². The van der Waals surface area contributed by atoms with Gasteiger partial charge in [0.25, 0.3) is 5.91 Å². The zero-order chi connectivity index (χ0) is 14.5. The summed E-state index contributed by atoms with van der Waals surface area (Å²) in [6.07, 6.45) is 0.405. The van der Waals surface area contributed by atoms with Crippen molar-refractivity contribution in [1.82, 2.24) is 5.32 Å². The van der Waals surface area contributed by atoms with Gasteiger partial charge < -0.3 is 26.0 Å². The molecule has 0 aliphatic carbocycles. The van der Waals surface area contributed by atoms with Gasteiger partial charge in [0.2, 0.25) is 0 Å². The number of anilines is 1. The molecular formula is C13H20N2O4. The second-order valence-electron chi connectivity index (χ2n) is 4.36. The lowest BCUT2D eigenvalue weighted by Crippen LogP contribution is -2.53. The summed E-state index contributed by atoms with van der Waals surface area (Å²) in [6, 6.07) is 4.70. The topological polar surface area (TPSA) is 105 Å². The molecule has 1 amide bonds. The number of hydrogen-bond acceptors (Lipinski definition) is 5. The molecule has 0 fully saturated rings. The van der Waals surface area contributed by atoms with Crippen LogP contribution in [0.5, 0.6) is 5.75 Å². The fourth-order valence-corrected chi connectivity index (χ4v) is 1.62. The quantitative estimate of drug-likeness (QED) is 0.549. The van der Waals surface area contributed by atoms with E-state index in [0.29, 0.717) is 12.2 Å². The van der Waals surface area contributed by atoms with E-state index in [1.807, 2.05) is 0 Å². The van der Waals surface area contributed by atoms with Crippen molar-refractivity contribution in [2.24, 2.45) is 0 Å². The van der Waals surface area contributed by atoms with Crippen molar-refractivity contribution >= 4 is 11.6 Å². The van der Waals surface area contributed by atoms with Crippen LogP contribution in [0, 0.1) is 0 Å². The third-order valence-electron chi connectivity index (χ3n) is 3.16. The molecular weight excluding hydrogens is 248 g/mol. The maximum absolute atomic E-state index is 12.1. The van der Waals surface area contributed by atoms with Crippen LogP contribution in [0.4, 0.5) is 5.69 Å². The highest BCUT2D eigenvalue weighted by molar-refractivity contribution is 5.99. The molecule has 0 saturated carbocycles. The van der Waals surface area contributed by atoms with Crippen LogP contribution in [0.3, 0.4) is 0 Å². The highest BCUT2D eigenvalue weighted by Crippen LogP contribution is 2.20. The lowest BCUT2D eigenvalue weighted by Gasteiger charge is -2.29. The first kappa shape index (κ1) is 15.3. The average Bonchev–Trinajstić information content (AvgIpc) is 2.44. The summed E-state index contributed by atoms with van der Waals surface area (Å²) in [7, 11) is 1.51. The fourth-order valence-electron chi connectivity index (χ4n) is 1.62. The zero-order valence-electron chi connectivity index (χ0n) is 11.1. The normalized spacial score (nSPS) is 11.2. The lowest BCUT2D eigenvalue weighted by atomic mass is 9.97. The lowest BCUT2D eigenvalue weighted by molar-refractivity contribution is 0.0653. The molecule has 0 bridgehead atoms. The first-order valence-electron chi connectivity index (χ1n) is 5.99. The van der Waals surface area contributed by atoms with E-state index in [4.69, 9.17) is 10.5 Å². The van der Waals surface area contributed by atoms with Gasteiger partial charge in [-0.3, -0.25) is 4.79 Å². The number of benzene rings is 1. The van der Waals surface area contributed by atoms with Crippen molar-refractivity contribution in [3.8, 4) is 5.75 Å². The number of nitrogen functional groups attached to an aromatic ring is 1. The molecule has 0 aliphatic heterocycles. The van der Waals surface area contributed by atoms with Crippen LogP contribution in [-0.2, 0) is 0 Å². The minimum absolute atomic E-state index is 0.276. The number of carbonyl (C=O) groups excluding carboxylic acids is 1. The first-order chi connectivity index (χ1) is 9.01. The predicted molar refractivity (Wildman–Crippen MR) is 72.1 cm³/mol. The van der Waals surface area contributed by atoms with Crippen molar-refractivity contribution in [3.63, 3.8) is 0 Å². The Labute approximate surface area is 112 Å². The van der Waals surface area contributed by atoms with Crippen molar-refractivity contribution in [3.05, 3.63) is 23.8 Å². The Balaban J connectivity index is 2.95. The van der Waals surface area contributed by atoms with E-state index in [9.17, 15) is 15.0 Å². The molecule has 0 unspecified atom stereocenters. The van der Waals surface area contributed by atoms with E-state index < -0.39 is 11.4 Å². The number of methoxy groups -OCH3 is 1. The smallest absolute Gasteiger partial charge is 0.253 e. The van der Waals surface area contributed by atoms with E-state index in [2.05, 4.69) is 5.32 Å². The second kappa shape index (κ2) is 6.40. The molecule has 106 valence electrons. The van der Waals surface area contributed by atoms with E-state index in [0.717, 1.165) is 0 Å². The second-order valence-corrected chi connectivity index (χ2v) is 4.36. The number of carbonyl (C=O) groups is 1. The van der Waals surface area contributed by atoms with Crippen LogP contribution < -0.4 is 15.8 Å². The Morgan fingerprint density at radius 2 is 2.05 bits per heavy atom. The minimum Gasteiger partial charge on any atom is -0.497 e. The number of hydrogen-bond donors (Lipinski definition) is 4. The molecule has 1 aromatic carbocycles. The molecule has 0 aromatic heterocycles. The highest BCUT2D eigenvalue weighted by Gasteiger charge is 2.29. The largest absolute Gasteiger partial charge is 0.497 e. The Morgan fingerprint density at radius 3 is 2.47 bits per heavy atom. The third kappa shape index (κ3) is 3.36. The molecule has 0 aliphatic rings. The van der Waals surface area contributed by atoms with Gasteiger partial charge in [-0.25, -0.2) is 0 Å². The predicted octanol–water partition coefficient (Wildman–Crippen LogP) is 0.141. The van der Waals surface area contributed by atoms with Crippen LogP contribution in [0.2, 0.25) is 0 Å². The molecule has 0 radical (unpaired) electrons. The minimum atomic E-state index is -1.04. The molecule has 6 nitrogen and oxygen atoms in total. The Kier molecular flexibility index (Phi) is 5.14. The standard InChI is InChI=1S/C13H20N2O4/c1-3-13(7-16,8-17)15-12(18)10-5-4-9(19-2)6-11(10)14/h4-6,16-17H,3,7-8,14H2,1-2H3,(H,15,18). The molecule has 1 rings (SSSR count). The number of aliphatic hydroxyl groups is 2. The summed E-state index contributed by atoms with van der Waals surface area (Å²) in [6.45, 7) is 1.08. The van der Waals surface area contributed by atoms with Gasteiger partial charge >= 0.3 is 0 Å². The number of ether oxygens (including phenoxy) is 1. The molecule has 0 spiro atoms. The van der Waals surface area contributed by atoms with Crippen LogP contribution in [0.25, 0.3) is 0 Å². The van der Waals surface area contributed by atoms with Gasteiger partial charge in [0, 0.05) is 11.8 Å². The van der Waals surface area contributed by atoms with Crippen molar-refractivity contribution in [2.75, 3.05) is 26.1 Å². The number of aliphatic hydroxyl groups excluding tert-OH is 2. The Hall–Kier alpha value is -1.79. The van der Waals surface area contributed by atoms with Crippen molar-refractivity contribution in [2.45, 2.75) is 18.9 Å². The Morgan fingerprint density at radius 1 is 1.42 bits per heavy atom. The molecule has 19 heavy (non-hydrogen) atoms. The molecule has 0 saturated heterocycles. The van der Waals surface area contributed by atoms with Crippen LogP contribution in [0.1, 0.15) is 23.7 Å². The van der Waals surface area contributed by atoms with E-state index >= 15 is 0 Å².